The number of carbonyl (C=O) groups is 2. The van der Waals surface area contributed by atoms with Crippen molar-refractivity contribution in [2.24, 2.45) is 11.8 Å². The maximum Gasteiger partial charge on any atom is 0.319 e. The molecular formula is C14H19BrN2O4. The lowest BCUT2D eigenvalue weighted by atomic mass is 9.96. The van der Waals surface area contributed by atoms with Crippen LogP contribution in [0.3, 0.4) is 0 Å². The molecule has 0 fully saturated rings. The maximum absolute atomic E-state index is 11.8. The fraction of sp³-hybridized carbons (Fsp3) is 0.429. The summed E-state index contributed by atoms with van der Waals surface area (Å²) >= 11 is 3.32. The number of benzene rings is 1. The molecule has 1 unspecified atom stereocenters. The van der Waals surface area contributed by atoms with Crippen molar-refractivity contribution >= 4 is 33.6 Å². The first-order valence-electron chi connectivity index (χ1n) is 6.46. The van der Waals surface area contributed by atoms with Gasteiger partial charge >= 0.3 is 12.0 Å². The fourth-order valence-electron chi connectivity index (χ4n) is 1.73. The van der Waals surface area contributed by atoms with Crippen molar-refractivity contribution in [1.29, 1.82) is 0 Å². The largest absolute Gasteiger partial charge is 0.496 e. The topological polar surface area (TPSA) is 87.7 Å². The summed E-state index contributed by atoms with van der Waals surface area (Å²) < 4.78 is 5.81. The minimum atomic E-state index is -0.919. The molecule has 1 aromatic rings. The van der Waals surface area contributed by atoms with Crippen LogP contribution in [0.15, 0.2) is 22.7 Å². The summed E-state index contributed by atoms with van der Waals surface area (Å²) in [5.74, 6) is -0.930. The zero-order valence-electron chi connectivity index (χ0n) is 12.1. The van der Waals surface area contributed by atoms with E-state index >= 15 is 0 Å². The van der Waals surface area contributed by atoms with Crippen LogP contribution in [0, 0.1) is 11.8 Å². The highest BCUT2D eigenvalue weighted by molar-refractivity contribution is 9.10. The molecule has 1 aromatic carbocycles. The second-order valence-corrected chi connectivity index (χ2v) is 5.73. The molecule has 21 heavy (non-hydrogen) atoms. The number of nitrogens with one attached hydrogen (secondary N) is 2. The van der Waals surface area contributed by atoms with Crippen LogP contribution < -0.4 is 15.4 Å². The number of hydrogen-bond acceptors (Lipinski definition) is 3. The number of amides is 2. The molecule has 0 saturated carbocycles. The van der Waals surface area contributed by atoms with E-state index in [0.29, 0.717) is 15.9 Å². The smallest absolute Gasteiger partial charge is 0.319 e. The number of halogens is 1. The Kier molecular flexibility index (Phi) is 6.48. The van der Waals surface area contributed by atoms with Gasteiger partial charge < -0.3 is 20.5 Å². The summed E-state index contributed by atoms with van der Waals surface area (Å²) in [6.45, 7) is 3.69. The molecule has 0 aliphatic heterocycles. The summed E-state index contributed by atoms with van der Waals surface area (Å²) in [5.41, 5.74) is 0.580. The standard InChI is InChI=1S/C14H19BrN2O4/c1-8(2)10(13(18)19)7-16-14(20)17-9-4-5-12(21-3)11(15)6-9/h4-6,8,10H,7H2,1-3H3,(H,18,19)(H2,16,17,20). The first-order valence-corrected chi connectivity index (χ1v) is 7.25. The van der Waals surface area contributed by atoms with Crippen molar-refractivity contribution in [3.8, 4) is 5.75 Å². The number of methoxy groups -OCH3 is 1. The molecule has 6 nitrogen and oxygen atoms in total. The molecular weight excluding hydrogens is 340 g/mol. The molecule has 2 amide bonds. The molecule has 0 spiro atoms. The molecule has 1 rings (SSSR count). The minimum absolute atomic E-state index is 0.0575. The Morgan fingerprint density at radius 2 is 2.05 bits per heavy atom. The van der Waals surface area contributed by atoms with E-state index in [9.17, 15) is 9.59 Å². The van der Waals surface area contributed by atoms with Crippen LogP contribution in [0.4, 0.5) is 10.5 Å². The molecule has 0 bridgehead atoms. The third-order valence-corrected chi connectivity index (χ3v) is 3.63. The Morgan fingerprint density at radius 3 is 2.52 bits per heavy atom. The van der Waals surface area contributed by atoms with Crippen molar-refractivity contribution in [1.82, 2.24) is 5.32 Å². The number of urea groups is 1. The van der Waals surface area contributed by atoms with Crippen LogP contribution >= 0.6 is 15.9 Å². The number of anilines is 1. The van der Waals surface area contributed by atoms with E-state index in [1.807, 2.05) is 0 Å². The lowest BCUT2D eigenvalue weighted by molar-refractivity contribution is -0.142. The fourth-order valence-corrected chi connectivity index (χ4v) is 2.27. The van der Waals surface area contributed by atoms with Gasteiger partial charge in [0.05, 0.1) is 17.5 Å². The summed E-state index contributed by atoms with van der Waals surface area (Å²) in [6.07, 6.45) is 0. The first-order chi connectivity index (χ1) is 9.85. The van der Waals surface area contributed by atoms with Crippen molar-refractivity contribution < 1.29 is 19.4 Å². The van der Waals surface area contributed by atoms with E-state index in [4.69, 9.17) is 9.84 Å². The molecule has 0 aromatic heterocycles. The van der Waals surface area contributed by atoms with E-state index in [2.05, 4.69) is 26.6 Å². The molecule has 0 aliphatic rings. The van der Waals surface area contributed by atoms with Crippen LogP contribution in [0.2, 0.25) is 0 Å². The van der Waals surface area contributed by atoms with Crippen molar-refractivity contribution in [2.75, 3.05) is 19.0 Å². The van der Waals surface area contributed by atoms with Gasteiger partial charge in [-0.25, -0.2) is 4.79 Å². The zero-order valence-corrected chi connectivity index (χ0v) is 13.7. The van der Waals surface area contributed by atoms with Crippen LogP contribution in [0.5, 0.6) is 5.75 Å². The number of rotatable bonds is 6. The van der Waals surface area contributed by atoms with Gasteiger partial charge in [0.15, 0.2) is 0 Å². The van der Waals surface area contributed by atoms with Gasteiger partial charge in [-0.15, -0.1) is 0 Å². The van der Waals surface area contributed by atoms with Crippen molar-refractivity contribution in [3.05, 3.63) is 22.7 Å². The molecule has 7 heteroatoms. The third-order valence-electron chi connectivity index (χ3n) is 3.01. The van der Waals surface area contributed by atoms with Gasteiger partial charge in [-0.2, -0.15) is 0 Å². The maximum atomic E-state index is 11.8. The molecule has 116 valence electrons. The monoisotopic (exact) mass is 358 g/mol. The number of carbonyl (C=O) groups excluding carboxylic acids is 1. The number of ether oxygens (including phenoxy) is 1. The molecule has 3 N–H and O–H groups in total. The highest BCUT2D eigenvalue weighted by atomic mass is 79.9. The Morgan fingerprint density at radius 1 is 1.38 bits per heavy atom. The normalized spacial score (nSPS) is 11.9. The second kappa shape index (κ2) is 7.87. The number of carboxylic acids is 1. The quantitative estimate of drug-likeness (QED) is 0.729. The van der Waals surface area contributed by atoms with Gasteiger partial charge in [0, 0.05) is 12.2 Å². The highest BCUT2D eigenvalue weighted by Crippen LogP contribution is 2.27. The lowest BCUT2D eigenvalue weighted by Crippen LogP contribution is -2.37. The van der Waals surface area contributed by atoms with Gasteiger partial charge in [-0.1, -0.05) is 13.8 Å². The Balaban J connectivity index is 2.58. The van der Waals surface area contributed by atoms with Crippen LogP contribution in [0.25, 0.3) is 0 Å². The van der Waals surface area contributed by atoms with Crippen molar-refractivity contribution in [3.63, 3.8) is 0 Å². The Labute approximate surface area is 132 Å². The van der Waals surface area contributed by atoms with Gasteiger partial charge in [0.1, 0.15) is 5.75 Å². The predicted molar refractivity (Wildman–Crippen MR) is 83.7 cm³/mol. The molecule has 0 aliphatic carbocycles. The average Bonchev–Trinajstić information content (AvgIpc) is 2.38. The predicted octanol–water partition coefficient (Wildman–Crippen LogP) is 2.94. The van der Waals surface area contributed by atoms with Crippen LogP contribution in [-0.4, -0.2) is 30.8 Å². The number of hydrogen-bond donors (Lipinski definition) is 3. The summed E-state index contributed by atoms with van der Waals surface area (Å²) in [6, 6.07) is 4.67. The third kappa shape index (κ3) is 5.26. The van der Waals surface area contributed by atoms with Crippen LogP contribution in [-0.2, 0) is 4.79 Å². The second-order valence-electron chi connectivity index (χ2n) is 4.87. The van der Waals surface area contributed by atoms with Gasteiger partial charge in [0.25, 0.3) is 0 Å². The average molecular weight is 359 g/mol. The van der Waals surface area contributed by atoms with E-state index < -0.39 is 17.9 Å². The van der Waals surface area contributed by atoms with E-state index in [1.165, 1.54) is 0 Å². The molecule has 0 saturated heterocycles. The summed E-state index contributed by atoms with van der Waals surface area (Å²) in [5, 5.41) is 14.3. The van der Waals surface area contributed by atoms with E-state index in [-0.39, 0.29) is 12.5 Å². The van der Waals surface area contributed by atoms with Gasteiger partial charge in [0.2, 0.25) is 0 Å². The minimum Gasteiger partial charge on any atom is -0.496 e. The number of carboxylic acid groups (broad SMARTS) is 1. The number of aliphatic carboxylic acids is 1. The SMILES string of the molecule is COc1ccc(NC(=O)NCC(C(=O)O)C(C)C)cc1Br. The highest BCUT2D eigenvalue weighted by Gasteiger charge is 2.21. The molecule has 0 heterocycles. The van der Waals surface area contributed by atoms with Gasteiger partial charge in [-0.3, -0.25) is 4.79 Å². The Bertz CT molecular complexity index is 520. The zero-order chi connectivity index (χ0) is 16.0. The van der Waals surface area contributed by atoms with E-state index in [1.54, 1.807) is 39.2 Å². The Hall–Kier alpha value is -1.76. The van der Waals surface area contributed by atoms with Gasteiger partial charge in [-0.05, 0) is 40.0 Å². The molecule has 1 atom stereocenters. The molecule has 0 radical (unpaired) electrons. The summed E-state index contributed by atoms with van der Waals surface area (Å²) in [7, 11) is 1.55. The van der Waals surface area contributed by atoms with Crippen LogP contribution in [0.1, 0.15) is 13.8 Å². The van der Waals surface area contributed by atoms with Crippen molar-refractivity contribution in [2.45, 2.75) is 13.8 Å². The lowest BCUT2D eigenvalue weighted by Gasteiger charge is -2.17. The van der Waals surface area contributed by atoms with E-state index in [0.717, 1.165) is 0 Å². The first kappa shape index (κ1) is 17.3. The summed E-state index contributed by atoms with van der Waals surface area (Å²) in [4.78, 5) is 22.8.